The van der Waals surface area contributed by atoms with Gasteiger partial charge < -0.3 is 19.9 Å². The second kappa shape index (κ2) is 9.64. The fourth-order valence-corrected chi connectivity index (χ4v) is 3.76. The Bertz CT molecular complexity index is 967. The molecule has 3 rings (SSSR count). The minimum atomic E-state index is -0.463. The highest BCUT2D eigenvalue weighted by molar-refractivity contribution is 6.04. The molecule has 164 valence electrons. The van der Waals surface area contributed by atoms with Gasteiger partial charge in [-0.3, -0.25) is 14.4 Å². The van der Waals surface area contributed by atoms with Gasteiger partial charge in [0.2, 0.25) is 11.8 Å². The molecule has 7 heteroatoms. The minimum absolute atomic E-state index is 0.0352. The summed E-state index contributed by atoms with van der Waals surface area (Å²) >= 11 is 0. The normalized spacial score (nSPS) is 15.7. The monoisotopic (exact) mass is 423 g/mol. The number of carbonyl (C=O) groups is 3. The first-order chi connectivity index (χ1) is 14.9. The lowest BCUT2D eigenvalue weighted by Crippen LogP contribution is -2.30. The summed E-state index contributed by atoms with van der Waals surface area (Å²) in [5, 5.41) is 2.87. The number of amides is 3. The third-order valence-electron chi connectivity index (χ3n) is 5.57. The van der Waals surface area contributed by atoms with Crippen molar-refractivity contribution in [2.75, 3.05) is 37.0 Å². The van der Waals surface area contributed by atoms with Crippen molar-refractivity contribution in [1.29, 1.82) is 0 Å². The second-order valence-electron chi connectivity index (χ2n) is 7.62. The summed E-state index contributed by atoms with van der Waals surface area (Å²) in [5.74, 6) is -0.218. The quantitative estimate of drug-likeness (QED) is 0.740. The average molecular weight is 424 g/mol. The number of benzene rings is 2. The van der Waals surface area contributed by atoms with Gasteiger partial charge in [0.05, 0.1) is 18.7 Å². The van der Waals surface area contributed by atoms with Gasteiger partial charge in [-0.2, -0.15) is 0 Å². The summed E-state index contributed by atoms with van der Waals surface area (Å²) in [4.78, 5) is 41.2. The van der Waals surface area contributed by atoms with Crippen LogP contribution in [-0.4, -0.2) is 49.4 Å². The summed E-state index contributed by atoms with van der Waals surface area (Å²) in [6.45, 7) is 7.41. The van der Waals surface area contributed by atoms with Crippen LogP contribution in [0, 0.1) is 12.8 Å². The number of anilines is 2. The fraction of sp³-hybridized carbons (Fsp3) is 0.375. The third-order valence-corrected chi connectivity index (χ3v) is 5.57. The first-order valence-electron chi connectivity index (χ1n) is 10.5. The van der Waals surface area contributed by atoms with Crippen LogP contribution < -0.4 is 15.0 Å². The molecule has 1 atom stereocenters. The minimum Gasteiger partial charge on any atom is -0.495 e. The highest BCUT2D eigenvalue weighted by Gasteiger charge is 2.36. The number of rotatable bonds is 7. The van der Waals surface area contributed by atoms with Gasteiger partial charge in [-0.1, -0.05) is 6.07 Å². The summed E-state index contributed by atoms with van der Waals surface area (Å²) in [6.07, 6.45) is 0.140. The van der Waals surface area contributed by atoms with Crippen LogP contribution in [-0.2, 0) is 9.59 Å². The molecule has 1 heterocycles. The van der Waals surface area contributed by atoms with Crippen molar-refractivity contribution in [3.63, 3.8) is 0 Å². The van der Waals surface area contributed by atoms with E-state index in [0.717, 1.165) is 5.56 Å². The van der Waals surface area contributed by atoms with E-state index < -0.39 is 5.92 Å². The number of hydrogen-bond donors (Lipinski definition) is 1. The zero-order valence-electron chi connectivity index (χ0n) is 18.5. The van der Waals surface area contributed by atoms with Crippen LogP contribution in [0.5, 0.6) is 5.75 Å². The van der Waals surface area contributed by atoms with Gasteiger partial charge in [-0.15, -0.1) is 0 Å². The number of nitrogens with one attached hydrogen (secondary N) is 1. The first-order valence-corrected chi connectivity index (χ1v) is 10.5. The highest BCUT2D eigenvalue weighted by atomic mass is 16.5. The number of carbonyl (C=O) groups excluding carboxylic acids is 3. The Balaban J connectivity index is 1.67. The third kappa shape index (κ3) is 4.87. The summed E-state index contributed by atoms with van der Waals surface area (Å²) < 4.78 is 5.39. The van der Waals surface area contributed by atoms with Crippen molar-refractivity contribution in [2.24, 2.45) is 5.92 Å². The topological polar surface area (TPSA) is 79.0 Å². The molecule has 2 aromatic carbocycles. The van der Waals surface area contributed by atoms with E-state index in [1.54, 1.807) is 41.2 Å². The molecule has 0 saturated carbocycles. The Morgan fingerprint density at radius 1 is 1.13 bits per heavy atom. The largest absolute Gasteiger partial charge is 0.495 e. The van der Waals surface area contributed by atoms with Gasteiger partial charge in [0.25, 0.3) is 5.91 Å². The maximum atomic E-state index is 12.8. The summed E-state index contributed by atoms with van der Waals surface area (Å²) in [6, 6.07) is 12.5. The predicted octanol–water partition coefficient (Wildman–Crippen LogP) is 3.48. The van der Waals surface area contributed by atoms with Crippen molar-refractivity contribution in [3.8, 4) is 5.75 Å². The van der Waals surface area contributed by atoms with Crippen LogP contribution >= 0.6 is 0 Å². The predicted molar refractivity (Wildman–Crippen MR) is 121 cm³/mol. The van der Waals surface area contributed by atoms with Crippen LogP contribution in [0.15, 0.2) is 42.5 Å². The molecule has 1 aliphatic rings. The zero-order chi connectivity index (χ0) is 22.5. The molecule has 1 fully saturated rings. The van der Waals surface area contributed by atoms with E-state index in [4.69, 9.17) is 4.74 Å². The lowest BCUT2D eigenvalue weighted by Gasteiger charge is -2.20. The zero-order valence-corrected chi connectivity index (χ0v) is 18.5. The lowest BCUT2D eigenvalue weighted by atomic mass is 10.1. The lowest BCUT2D eigenvalue weighted by molar-refractivity contribution is -0.122. The molecule has 1 saturated heterocycles. The van der Waals surface area contributed by atoms with Gasteiger partial charge in [0.1, 0.15) is 5.75 Å². The van der Waals surface area contributed by atoms with E-state index in [0.29, 0.717) is 42.3 Å². The number of hydrogen-bond acceptors (Lipinski definition) is 4. The molecule has 1 aliphatic heterocycles. The number of ether oxygens (including phenoxy) is 1. The molecule has 2 aromatic rings. The van der Waals surface area contributed by atoms with E-state index in [1.165, 1.54) is 0 Å². The summed E-state index contributed by atoms with van der Waals surface area (Å²) in [7, 11) is 1.56. The first kappa shape index (κ1) is 22.3. The Morgan fingerprint density at radius 2 is 1.81 bits per heavy atom. The summed E-state index contributed by atoms with van der Waals surface area (Å²) in [5.41, 5.74) is 2.87. The van der Waals surface area contributed by atoms with Gasteiger partial charge in [-0.05, 0) is 62.7 Å². The van der Waals surface area contributed by atoms with E-state index in [-0.39, 0.29) is 24.1 Å². The maximum absolute atomic E-state index is 12.8. The number of methoxy groups -OCH3 is 1. The van der Waals surface area contributed by atoms with E-state index in [2.05, 4.69) is 5.32 Å². The van der Waals surface area contributed by atoms with Gasteiger partial charge in [-0.25, -0.2) is 0 Å². The molecule has 0 aromatic heterocycles. The van der Waals surface area contributed by atoms with E-state index in [9.17, 15) is 14.4 Å². The van der Waals surface area contributed by atoms with Gasteiger partial charge in [0, 0.05) is 37.3 Å². The molecule has 1 N–H and O–H groups in total. The maximum Gasteiger partial charge on any atom is 0.253 e. The van der Waals surface area contributed by atoms with E-state index >= 15 is 0 Å². The van der Waals surface area contributed by atoms with Crippen molar-refractivity contribution >= 4 is 29.1 Å². The van der Waals surface area contributed by atoms with Crippen LogP contribution in [0.1, 0.15) is 36.2 Å². The second-order valence-corrected chi connectivity index (χ2v) is 7.62. The molecule has 0 spiro atoms. The van der Waals surface area contributed by atoms with Crippen molar-refractivity contribution in [3.05, 3.63) is 53.6 Å². The molecule has 31 heavy (non-hydrogen) atoms. The Kier molecular flexibility index (Phi) is 6.95. The van der Waals surface area contributed by atoms with Crippen molar-refractivity contribution < 1.29 is 19.1 Å². The van der Waals surface area contributed by atoms with E-state index in [1.807, 2.05) is 39.0 Å². The van der Waals surface area contributed by atoms with Crippen molar-refractivity contribution in [1.82, 2.24) is 4.90 Å². The number of nitrogens with zero attached hydrogens (tertiary/aromatic N) is 2. The molecule has 0 bridgehead atoms. The highest BCUT2D eigenvalue weighted by Crippen LogP contribution is 2.34. The standard InChI is InChI=1S/C24H29N3O4/c1-5-26(6-2)24(30)17-8-10-19(11-9-17)25-23(29)18-14-22(28)27(15-18)20-13-16(3)7-12-21(20)31-4/h7-13,18H,5-6,14-15H2,1-4H3,(H,25,29)/t18-/m1/s1. The molecule has 0 aliphatic carbocycles. The fourth-order valence-electron chi connectivity index (χ4n) is 3.76. The smallest absolute Gasteiger partial charge is 0.253 e. The average Bonchev–Trinajstić information content (AvgIpc) is 3.16. The molecular weight excluding hydrogens is 394 g/mol. The van der Waals surface area contributed by atoms with Gasteiger partial charge in [0.15, 0.2) is 0 Å². The van der Waals surface area contributed by atoms with Crippen LogP contribution in [0.25, 0.3) is 0 Å². The number of aryl methyl sites for hydroxylation is 1. The Morgan fingerprint density at radius 3 is 2.42 bits per heavy atom. The molecule has 0 unspecified atom stereocenters. The van der Waals surface area contributed by atoms with Crippen LogP contribution in [0.4, 0.5) is 11.4 Å². The van der Waals surface area contributed by atoms with Crippen molar-refractivity contribution in [2.45, 2.75) is 27.2 Å². The molecular formula is C24H29N3O4. The molecule has 3 amide bonds. The van der Waals surface area contributed by atoms with Crippen LogP contribution in [0.2, 0.25) is 0 Å². The Hall–Kier alpha value is -3.35. The van der Waals surface area contributed by atoms with Crippen LogP contribution in [0.3, 0.4) is 0 Å². The molecule has 7 nitrogen and oxygen atoms in total. The Labute approximate surface area is 183 Å². The SMILES string of the molecule is CCN(CC)C(=O)c1ccc(NC(=O)[C@@H]2CC(=O)N(c3cc(C)ccc3OC)C2)cc1. The van der Waals surface area contributed by atoms with Gasteiger partial charge >= 0.3 is 0 Å². The molecule has 0 radical (unpaired) electrons.